The quantitative estimate of drug-likeness (QED) is 0.851. The smallest absolute Gasteiger partial charge is 0.223 e. The third-order valence-electron chi connectivity index (χ3n) is 5.12. The number of hydrogen-bond acceptors (Lipinski definition) is 7. The Morgan fingerprint density at radius 3 is 2.85 bits per heavy atom. The Balaban J connectivity index is 1.23. The molecule has 1 amide bonds. The summed E-state index contributed by atoms with van der Waals surface area (Å²) in [6, 6.07) is 3.91. The molecule has 1 N–H and O–H groups in total. The van der Waals surface area contributed by atoms with Gasteiger partial charge in [0.25, 0.3) is 0 Å². The zero-order valence-electron chi connectivity index (χ0n) is 14.9. The molecule has 0 spiro atoms. The standard InChI is InChI=1S/C18H25N5O2S/c24-16(19-6-9-22-10-12-25-13-11-22)14-3-7-23(8-4-14)18-21-15-2-1-5-20-17(15)26-18/h1-2,5,14H,3-4,6-13H2,(H,19,24). The number of rotatable bonds is 5. The lowest BCUT2D eigenvalue weighted by molar-refractivity contribution is -0.125. The average Bonchev–Trinajstić information content (AvgIpc) is 3.13. The Morgan fingerprint density at radius 2 is 2.08 bits per heavy atom. The molecule has 26 heavy (non-hydrogen) atoms. The molecule has 0 bridgehead atoms. The van der Waals surface area contributed by atoms with Gasteiger partial charge in [-0.2, -0.15) is 0 Å². The first-order valence-corrected chi connectivity index (χ1v) is 10.2. The Morgan fingerprint density at radius 1 is 1.27 bits per heavy atom. The average molecular weight is 375 g/mol. The van der Waals surface area contributed by atoms with E-state index in [4.69, 9.17) is 4.74 Å². The van der Waals surface area contributed by atoms with Crippen molar-refractivity contribution in [2.24, 2.45) is 5.92 Å². The number of aromatic nitrogens is 2. The van der Waals surface area contributed by atoms with Crippen LogP contribution < -0.4 is 10.2 Å². The normalized spacial score (nSPS) is 19.8. The molecule has 0 aliphatic carbocycles. The highest BCUT2D eigenvalue weighted by Gasteiger charge is 2.26. The molecule has 2 aromatic rings. The second-order valence-corrected chi connectivity index (χ2v) is 7.79. The summed E-state index contributed by atoms with van der Waals surface area (Å²) in [5.74, 6) is 0.312. The van der Waals surface area contributed by atoms with E-state index in [2.05, 4.69) is 25.1 Å². The predicted octanol–water partition coefficient (Wildman–Crippen LogP) is 1.36. The van der Waals surface area contributed by atoms with Crippen LogP contribution in [0.3, 0.4) is 0 Å². The molecule has 2 aromatic heterocycles. The molecule has 2 aliphatic heterocycles. The number of pyridine rings is 1. The molecule has 2 fully saturated rings. The minimum atomic E-state index is 0.114. The van der Waals surface area contributed by atoms with Gasteiger partial charge in [-0.05, 0) is 25.0 Å². The van der Waals surface area contributed by atoms with Crippen LogP contribution in [0.2, 0.25) is 0 Å². The summed E-state index contributed by atoms with van der Waals surface area (Å²) < 4.78 is 5.35. The number of thiazole rings is 1. The van der Waals surface area contributed by atoms with Gasteiger partial charge in [0.1, 0.15) is 10.3 Å². The Hall–Kier alpha value is -1.77. The molecule has 2 saturated heterocycles. The molecule has 4 rings (SSSR count). The van der Waals surface area contributed by atoms with E-state index in [-0.39, 0.29) is 11.8 Å². The minimum absolute atomic E-state index is 0.114. The largest absolute Gasteiger partial charge is 0.379 e. The first-order valence-electron chi connectivity index (χ1n) is 9.34. The number of anilines is 1. The number of nitrogens with one attached hydrogen (secondary N) is 1. The summed E-state index contributed by atoms with van der Waals surface area (Å²) in [4.78, 5) is 27.1. The molecular formula is C18H25N5O2S. The highest BCUT2D eigenvalue weighted by atomic mass is 32.1. The van der Waals surface area contributed by atoms with Gasteiger partial charge in [0.15, 0.2) is 5.13 Å². The first kappa shape index (κ1) is 17.6. The number of hydrogen-bond donors (Lipinski definition) is 1. The van der Waals surface area contributed by atoms with E-state index in [1.807, 2.05) is 12.1 Å². The van der Waals surface area contributed by atoms with Crippen molar-refractivity contribution in [3.63, 3.8) is 0 Å². The fourth-order valence-corrected chi connectivity index (χ4v) is 4.49. The molecule has 2 aliphatic rings. The van der Waals surface area contributed by atoms with Crippen molar-refractivity contribution in [3.05, 3.63) is 18.3 Å². The van der Waals surface area contributed by atoms with E-state index in [1.54, 1.807) is 17.5 Å². The molecule has 0 aromatic carbocycles. The summed E-state index contributed by atoms with van der Waals surface area (Å²) in [5, 5.41) is 4.13. The van der Waals surface area contributed by atoms with Crippen LogP contribution >= 0.6 is 11.3 Å². The van der Waals surface area contributed by atoms with E-state index in [1.165, 1.54) is 0 Å². The lowest BCUT2D eigenvalue weighted by Crippen LogP contribution is -2.44. The first-order chi connectivity index (χ1) is 12.8. The van der Waals surface area contributed by atoms with Gasteiger partial charge in [-0.1, -0.05) is 11.3 Å². The van der Waals surface area contributed by atoms with E-state index in [0.717, 1.165) is 80.8 Å². The van der Waals surface area contributed by atoms with Crippen LogP contribution in [0.1, 0.15) is 12.8 Å². The van der Waals surface area contributed by atoms with Crippen molar-refractivity contribution in [3.8, 4) is 0 Å². The van der Waals surface area contributed by atoms with Gasteiger partial charge in [-0.3, -0.25) is 9.69 Å². The number of ether oxygens (including phenoxy) is 1. The zero-order chi connectivity index (χ0) is 17.8. The number of fused-ring (bicyclic) bond motifs is 1. The maximum Gasteiger partial charge on any atom is 0.223 e. The molecule has 8 heteroatoms. The molecule has 0 saturated carbocycles. The van der Waals surface area contributed by atoms with Gasteiger partial charge in [0, 0.05) is 51.4 Å². The molecule has 0 unspecified atom stereocenters. The molecule has 0 radical (unpaired) electrons. The second-order valence-electron chi connectivity index (χ2n) is 6.83. The number of nitrogens with zero attached hydrogens (tertiary/aromatic N) is 4. The summed E-state index contributed by atoms with van der Waals surface area (Å²) in [5.41, 5.74) is 0.954. The number of carbonyl (C=O) groups excluding carboxylic acids is 1. The van der Waals surface area contributed by atoms with Gasteiger partial charge in [-0.25, -0.2) is 9.97 Å². The summed E-state index contributed by atoms with van der Waals surface area (Å²) in [7, 11) is 0. The maximum absolute atomic E-state index is 12.4. The second kappa shape index (κ2) is 8.28. The minimum Gasteiger partial charge on any atom is -0.379 e. The zero-order valence-corrected chi connectivity index (χ0v) is 15.7. The van der Waals surface area contributed by atoms with Crippen LogP contribution in [0.15, 0.2) is 18.3 Å². The van der Waals surface area contributed by atoms with Crippen molar-refractivity contribution in [2.75, 3.05) is 57.4 Å². The highest BCUT2D eigenvalue weighted by Crippen LogP contribution is 2.30. The maximum atomic E-state index is 12.4. The third kappa shape index (κ3) is 4.13. The molecule has 4 heterocycles. The number of piperidine rings is 1. The fraction of sp³-hybridized carbons (Fsp3) is 0.611. The van der Waals surface area contributed by atoms with Gasteiger partial charge >= 0.3 is 0 Å². The topological polar surface area (TPSA) is 70.6 Å². The van der Waals surface area contributed by atoms with E-state index >= 15 is 0 Å². The summed E-state index contributed by atoms with van der Waals surface area (Å²) >= 11 is 1.63. The van der Waals surface area contributed by atoms with Crippen LogP contribution in [0, 0.1) is 5.92 Å². The highest BCUT2D eigenvalue weighted by molar-refractivity contribution is 7.21. The van der Waals surface area contributed by atoms with Crippen molar-refractivity contribution in [2.45, 2.75) is 12.8 Å². The molecule has 7 nitrogen and oxygen atoms in total. The van der Waals surface area contributed by atoms with E-state index in [0.29, 0.717) is 0 Å². The SMILES string of the molecule is O=C(NCCN1CCOCC1)C1CCN(c2nc3cccnc3s2)CC1. The van der Waals surface area contributed by atoms with Gasteiger partial charge in [0.05, 0.1) is 13.2 Å². The summed E-state index contributed by atoms with van der Waals surface area (Å²) in [6.45, 7) is 6.91. The van der Waals surface area contributed by atoms with Gasteiger partial charge < -0.3 is 15.0 Å². The number of carbonyl (C=O) groups is 1. The van der Waals surface area contributed by atoms with Crippen LogP contribution in [-0.4, -0.2) is 73.3 Å². The van der Waals surface area contributed by atoms with E-state index in [9.17, 15) is 4.79 Å². The van der Waals surface area contributed by atoms with Crippen LogP contribution in [-0.2, 0) is 9.53 Å². The fourth-order valence-electron chi connectivity index (χ4n) is 3.53. The summed E-state index contributed by atoms with van der Waals surface area (Å²) in [6.07, 6.45) is 3.57. The Bertz CT molecular complexity index is 705. The van der Waals surface area contributed by atoms with Crippen molar-refractivity contribution in [1.82, 2.24) is 20.2 Å². The molecule has 140 valence electrons. The Labute approximate surface area is 157 Å². The van der Waals surface area contributed by atoms with Gasteiger partial charge in [-0.15, -0.1) is 0 Å². The van der Waals surface area contributed by atoms with Crippen LogP contribution in [0.5, 0.6) is 0 Å². The number of amides is 1. The van der Waals surface area contributed by atoms with Crippen molar-refractivity contribution >= 4 is 32.7 Å². The van der Waals surface area contributed by atoms with Crippen LogP contribution in [0.25, 0.3) is 10.3 Å². The third-order valence-corrected chi connectivity index (χ3v) is 6.16. The van der Waals surface area contributed by atoms with E-state index < -0.39 is 0 Å². The molecule has 0 atom stereocenters. The van der Waals surface area contributed by atoms with Crippen LogP contribution in [0.4, 0.5) is 5.13 Å². The monoisotopic (exact) mass is 375 g/mol. The lowest BCUT2D eigenvalue weighted by atomic mass is 9.96. The number of morpholine rings is 1. The Kier molecular flexibility index (Phi) is 5.62. The van der Waals surface area contributed by atoms with Crippen molar-refractivity contribution < 1.29 is 9.53 Å². The van der Waals surface area contributed by atoms with Gasteiger partial charge in [0.2, 0.25) is 5.91 Å². The molecular weight excluding hydrogens is 350 g/mol. The predicted molar refractivity (Wildman–Crippen MR) is 103 cm³/mol. The lowest BCUT2D eigenvalue weighted by Gasteiger charge is -2.31. The van der Waals surface area contributed by atoms with Crippen molar-refractivity contribution in [1.29, 1.82) is 0 Å².